The summed E-state index contributed by atoms with van der Waals surface area (Å²) in [5, 5.41) is 5.24. The standard InChI is InChI=1S/C22H22ClN5O3/c1-4-31-16-9-8-13(11-17(16)30-3)19-18(20(24)29)12(2)25-22-26-21(27-28(19)22)14-6-5-7-15(23)10-14/h5-11,18-19H,4H2,1-3H3,(H2,24,29). The van der Waals surface area contributed by atoms with Crippen LogP contribution in [0.2, 0.25) is 5.02 Å². The molecule has 0 fully saturated rings. The van der Waals surface area contributed by atoms with E-state index in [1.54, 1.807) is 30.8 Å². The molecule has 2 aromatic carbocycles. The Labute approximate surface area is 184 Å². The van der Waals surface area contributed by atoms with Crippen molar-refractivity contribution >= 4 is 29.2 Å². The summed E-state index contributed by atoms with van der Waals surface area (Å²) in [6.45, 7) is 4.17. The molecule has 0 spiro atoms. The first-order valence-corrected chi connectivity index (χ1v) is 10.2. The van der Waals surface area contributed by atoms with Crippen molar-refractivity contribution in [2.75, 3.05) is 13.7 Å². The van der Waals surface area contributed by atoms with Crippen molar-refractivity contribution in [3.05, 3.63) is 53.1 Å². The molecule has 0 aliphatic carbocycles. The number of primary amides is 1. The first-order valence-electron chi connectivity index (χ1n) is 9.80. The van der Waals surface area contributed by atoms with E-state index in [1.807, 2.05) is 37.3 Å². The van der Waals surface area contributed by atoms with E-state index in [1.165, 1.54) is 0 Å². The van der Waals surface area contributed by atoms with Gasteiger partial charge in [0.05, 0.1) is 19.8 Å². The molecule has 1 amide bonds. The molecule has 2 atom stereocenters. The van der Waals surface area contributed by atoms with Gasteiger partial charge < -0.3 is 15.2 Å². The van der Waals surface area contributed by atoms with Crippen LogP contribution in [0.1, 0.15) is 25.5 Å². The number of nitrogens with zero attached hydrogens (tertiary/aromatic N) is 4. The second kappa shape index (κ2) is 8.39. The summed E-state index contributed by atoms with van der Waals surface area (Å²) >= 11 is 6.13. The lowest BCUT2D eigenvalue weighted by atomic mass is 9.88. The molecule has 3 aromatic rings. The molecule has 0 saturated carbocycles. The monoisotopic (exact) mass is 439 g/mol. The van der Waals surface area contributed by atoms with Crippen LogP contribution in [0.4, 0.5) is 5.95 Å². The number of halogens is 1. The van der Waals surface area contributed by atoms with Gasteiger partial charge in [0.15, 0.2) is 17.3 Å². The number of fused-ring (bicyclic) bond motifs is 1. The van der Waals surface area contributed by atoms with Crippen molar-refractivity contribution in [3.8, 4) is 22.9 Å². The van der Waals surface area contributed by atoms with Crippen LogP contribution in [0.15, 0.2) is 47.5 Å². The highest BCUT2D eigenvalue weighted by molar-refractivity contribution is 6.30. The molecule has 9 heteroatoms. The minimum atomic E-state index is -0.691. The Bertz CT molecular complexity index is 1170. The molecule has 1 aliphatic rings. The Balaban J connectivity index is 1.87. The number of amides is 1. The molecule has 0 radical (unpaired) electrons. The SMILES string of the molecule is CCOc1ccc(C2C(C(N)=O)C(C)=Nc3nc(-c4cccc(Cl)c4)nn32)cc1OC. The lowest BCUT2D eigenvalue weighted by molar-refractivity contribution is -0.120. The van der Waals surface area contributed by atoms with Gasteiger partial charge in [0.2, 0.25) is 11.9 Å². The van der Waals surface area contributed by atoms with E-state index in [0.717, 1.165) is 11.1 Å². The summed E-state index contributed by atoms with van der Waals surface area (Å²) in [4.78, 5) is 21.5. The first kappa shape index (κ1) is 20.9. The summed E-state index contributed by atoms with van der Waals surface area (Å²) in [7, 11) is 1.57. The maximum absolute atomic E-state index is 12.4. The fourth-order valence-corrected chi connectivity index (χ4v) is 3.95. The summed E-state index contributed by atoms with van der Waals surface area (Å²) < 4.78 is 12.7. The molecule has 160 valence electrons. The van der Waals surface area contributed by atoms with E-state index in [9.17, 15) is 4.79 Å². The first-order chi connectivity index (χ1) is 14.9. The van der Waals surface area contributed by atoms with Gasteiger partial charge in [-0.25, -0.2) is 9.67 Å². The van der Waals surface area contributed by atoms with Crippen LogP contribution in [0.3, 0.4) is 0 Å². The zero-order valence-electron chi connectivity index (χ0n) is 17.4. The third-order valence-corrected chi connectivity index (χ3v) is 5.37. The Morgan fingerprint density at radius 3 is 2.71 bits per heavy atom. The molecular weight excluding hydrogens is 418 g/mol. The number of rotatable bonds is 6. The van der Waals surface area contributed by atoms with E-state index < -0.39 is 17.9 Å². The van der Waals surface area contributed by atoms with Gasteiger partial charge in [-0.1, -0.05) is 29.8 Å². The van der Waals surface area contributed by atoms with Gasteiger partial charge in [-0.2, -0.15) is 4.98 Å². The van der Waals surface area contributed by atoms with Crippen molar-refractivity contribution in [2.24, 2.45) is 16.6 Å². The summed E-state index contributed by atoms with van der Waals surface area (Å²) in [6, 6.07) is 12.2. The minimum Gasteiger partial charge on any atom is -0.493 e. The predicted octanol–water partition coefficient (Wildman–Crippen LogP) is 3.80. The zero-order valence-corrected chi connectivity index (χ0v) is 18.1. The Kier molecular flexibility index (Phi) is 5.65. The van der Waals surface area contributed by atoms with E-state index in [2.05, 4.69) is 15.1 Å². The van der Waals surface area contributed by atoms with Crippen LogP contribution in [0.25, 0.3) is 11.4 Å². The summed E-state index contributed by atoms with van der Waals surface area (Å²) in [5.41, 5.74) is 7.88. The number of hydrogen-bond donors (Lipinski definition) is 1. The van der Waals surface area contributed by atoms with Crippen molar-refractivity contribution < 1.29 is 14.3 Å². The number of ether oxygens (including phenoxy) is 2. The molecule has 2 heterocycles. The average Bonchev–Trinajstić information content (AvgIpc) is 3.16. The number of hydrogen-bond acceptors (Lipinski definition) is 6. The van der Waals surface area contributed by atoms with Crippen LogP contribution >= 0.6 is 11.6 Å². The van der Waals surface area contributed by atoms with Gasteiger partial charge in [-0.3, -0.25) is 4.79 Å². The van der Waals surface area contributed by atoms with E-state index in [4.69, 9.17) is 26.8 Å². The Morgan fingerprint density at radius 1 is 1.23 bits per heavy atom. The summed E-state index contributed by atoms with van der Waals surface area (Å²) in [6.07, 6.45) is 0. The largest absolute Gasteiger partial charge is 0.493 e. The quantitative estimate of drug-likeness (QED) is 0.628. The predicted molar refractivity (Wildman–Crippen MR) is 118 cm³/mol. The third-order valence-electron chi connectivity index (χ3n) is 5.14. The number of methoxy groups -OCH3 is 1. The number of aliphatic imine (C=N–C) groups is 1. The van der Waals surface area contributed by atoms with Crippen LogP contribution in [0, 0.1) is 5.92 Å². The Morgan fingerprint density at radius 2 is 2.03 bits per heavy atom. The number of aromatic nitrogens is 3. The number of carbonyl (C=O) groups excluding carboxylic acids is 1. The van der Waals surface area contributed by atoms with Crippen molar-refractivity contribution in [1.82, 2.24) is 14.8 Å². The molecule has 0 saturated heterocycles. The molecule has 1 aliphatic heterocycles. The normalized spacial score (nSPS) is 17.6. The van der Waals surface area contributed by atoms with Crippen molar-refractivity contribution in [1.29, 1.82) is 0 Å². The number of benzene rings is 2. The van der Waals surface area contributed by atoms with Crippen molar-refractivity contribution in [2.45, 2.75) is 19.9 Å². The zero-order chi connectivity index (χ0) is 22.1. The highest BCUT2D eigenvalue weighted by Gasteiger charge is 2.38. The maximum Gasteiger partial charge on any atom is 0.248 e. The van der Waals surface area contributed by atoms with E-state index >= 15 is 0 Å². The lowest BCUT2D eigenvalue weighted by Gasteiger charge is -2.29. The van der Waals surface area contributed by atoms with Crippen LogP contribution in [-0.2, 0) is 4.79 Å². The molecule has 2 N–H and O–H groups in total. The van der Waals surface area contributed by atoms with Crippen LogP contribution in [0.5, 0.6) is 11.5 Å². The van der Waals surface area contributed by atoms with Crippen molar-refractivity contribution in [3.63, 3.8) is 0 Å². The molecule has 4 rings (SSSR count). The number of nitrogens with two attached hydrogens (primary N) is 1. The average molecular weight is 440 g/mol. The molecule has 0 bridgehead atoms. The minimum absolute atomic E-state index is 0.392. The molecule has 1 aromatic heterocycles. The van der Waals surface area contributed by atoms with E-state index in [0.29, 0.717) is 40.6 Å². The second-order valence-corrected chi connectivity index (χ2v) is 7.55. The van der Waals surface area contributed by atoms with Crippen LogP contribution < -0.4 is 15.2 Å². The van der Waals surface area contributed by atoms with Gasteiger partial charge in [-0.05, 0) is 43.7 Å². The maximum atomic E-state index is 12.4. The summed E-state index contributed by atoms with van der Waals surface area (Å²) in [5.74, 6) is 0.835. The fraction of sp³-hybridized carbons (Fsp3) is 0.273. The molecule has 2 unspecified atom stereocenters. The van der Waals surface area contributed by atoms with E-state index in [-0.39, 0.29) is 0 Å². The van der Waals surface area contributed by atoms with Gasteiger partial charge in [0.1, 0.15) is 5.92 Å². The second-order valence-electron chi connectivity index (χ2n) is 7.11. The van der Waals surface area contributed by atoms with Crippen LogP contribution in [-0.4, -0.2) is 40.1 Å². The fourth-order valence-electron chi connectivity index (χ4n) is 3.76. The molecule has 31 heavy (non-hydrogen) atoms. The number of carbonyl (C=O) groups is 1. The third kappa shape index (κ3) is 3.86. The lowest BCUT2D eigenvalue weighted by Crippen LogP contribution is -2.39. The van der Waals surface area contributed by atoms with Gasteiger partial charge in [0, 0.05) is 16.3 Å². The smallest absolute Gasteiger partial charge is 0.248 e. The molecule has 8 nitrogen and oxygen atoms in total. The highest BCUT2D eigenvalue weighted by Crippen LogP contribution is 2.39. The molecular formula is C22H22ClN5O3. The van der Waals surface area contributed by atoms with Gasteiger partial charge in [-0.15, -0.1) is 5.10 Å². The Hall–Kier alpha value is -3.39. The highest BCUT2D eigenvalue weighted by atomic mass is 35.5. The topological polar surface area (TPSA) is 105 Å². The van der Waals surface area contributed by atoms with Gasteiger partial charge in [0.25, 0.3) is 0 Å². The van der Waals surface area contributed by atoms with Gasteiger partial charge >= 0.3 is 0 Å².